The molecule has 172 valence electrons. The number of carbonyl (C=O) groups excluding carboxylic acids is 1. The highest BCUT2D eigenvalue weighted by molar-refractivity contribution is 5.99. The van der Waals surface area contributed by atoms with Crippen molar-refractivity contribution in [2.45, 2.75) is 13.0 Å². The summed E-state index contributed by atoms with van der Waals surface area (Å²) in [6, 6.07) is 12.0. The van der Waals surface area contributed by atoms with Crippen LogP contribution in [0.15, 0.2) is 64.3 Å². The Morgan fingerprint density at radius 2 is 1.82 bits per heavy atom. The summed E-state index contributed by atoms with van der Waals surface area (Å²) >= 11 is 0. The maximum Gasteiger partial charge on any atom is 0.290 e. The van der Waals surface area contributed by atoms with Gasteiger partial charge in [0.05, 0.1) is 23.6 Å². The number of amides is 1. The van der Waals surface area contributed by atoms with Gasteiger partial charge in [0.2, 0.25) is 5.76 Å². The predicted octanol–water partition coefficient (Wildman–Crippen LogP) is 3.86. The Morgan fingerprint density at radius 1 is 1.09 bits per heavy atom. The monoisotopic (exact) mass is 448 g/mol. The van der Waals surface area contributed by atoms with E-state index in [1.54, 1.807) is 29.2 Å². The number of ether oxygens (including phenoxy) is 2. The van der Waals surface area contributed by atoms with Crippen molar-refractivity contribution >= 4 is 16.9 Å². The lowest BCUT2D eigenvalue weighted by Gasteiger charge is -2.26. The smallest absolute Gasteiger partial charge is 0.290 e. The molecule has 7 heteroatoms. The standard InChI is InChI=1S/C26H28N2O5/c1-5-15-32-18-9-7-17(8-10-18)23-22-24(29)20-12-11-19(31-6-2)16-21(20)33-25(22)26(30)28(23)14-13-27(3)4/h5,7-12,16,23H,1,6,13-15H2,2-4H3. The zero-order valence-electron chi connectivity index (χ0n) is 19.2. The summed E-state index contributed by atoms with van der Waals surface area (Å²) in [7, 11) is 3.89. The number of carbonyl (C=O) groups is 1. The topological polar surface area (TPSA) is 72.2 Å². The average Bonchev–Trinajstić information content (AvgIpc) is 3.08. The Labute approximate surface area is 192 Å². The third-order valence-electron chi connectivity index (χ3n) is 5.60. The van der Waals surface area contributed by atoms with Gasteiger partial charge in [0.25, 0.3) is 5.91 Å². The molecule has 0 radical (unpaired) electrons. The summed E-state index contributed by atoms with van der Waals surface area (Å²) in [5.74, 6) is 1.09. The first-order valence-corrected chi connectivity index (χ1v) is 11.0. The van der Waals surface area contributed by atoms with E-state index in [1.165, 1.54) is 0 Å². The molecule has 1 aliphatic rings. The van der Waals surface area contributed by atoms with Gasteiger partial charge in [-0.25, -0.2) is 0 Å². The minimum Gasteiger partial charge on any atom is -0.494 e. The van der Waals surface area contributed by atoms with Gasteiger partial charge in [-0.3, -0.25) is 9.59 Å². The van der Waals surface area contributed by atoms with Gasteiger partial charge in [0.15, 0.2) is 5.43 Å². The Hall–Kier alpha value is -3.58. The van der Waals surface area contributed by atoms with Gasteiger partial charge in [-0.1, -0.05) is 24.8 Å². The molecule has 0 saturated heterocycles. The first-order chi connectivity index (χ1) is 15.9. The number of likely N-dealkylation sites (N-methyl/N-ethyl adjacent to an activating group) is 1. The molecule has 7 nitrogen and oxygen atoms in total. The van der Waals surface area contributed by atoms with Crippen molar-refractivity contribution < 1.29 is 18.7 Å². The van der Waals surface area contributed by atoms with Crippen LogP contribution in [0.5, 0.6) is 11.5 Å². The SMILES string of the molecule is C=CCOc1ccc(C2c3c(oc4cc(OCC)ccc4c3=O)C(=O)N2CCN(C)C)cc1. The van der Waals surface area contributed by atoms with Crippen molar-refractivity contribution in [3.63, 3.8) is 0 Å². The molecule has 33 heavy (non-hydrogen) atoms. The van der Waals surface area contributed by atoms with Gasteiger partial charge in [-0.15, -0.1) is 0 Å². The molecule has 0 bridgehead atoms. The molecule has 2 aromatic carbocycles. The quantitative estimate of drug-likeness (QED) is 0.463. The molecule has 1 amide bonds. The van der Waals surface area contributed by atoms with Crippen molar-refractivity contribution in [3.8, 4) is 11.5 Å². The first kappa shape index (κ1) is 22.6. The van der Waals surface area contributed by atoms with E-state index in [2.05, 4.69) is 6.58 Å². The predicted molar refractivity (Wildman–Crippen MR) is 127 cm³/mol. The molecule has 4 rings (SSSR count). The minimum absolute atomic E-state index is 0.0943. The number of hydrogen-bond donors (Lipinski definition) is 0. The van der Waals surface area contributed by atoms with E-state index >= 15 is 0 Å². The molecule has 0 spiro atoms. The molecular weight excluding hydrogens is 420 g/mol. The second-order valence-corrected chi connectivity index (χ2v) is 8.14. The summed E-state index contributed by atoms with van der Waals surface area (Å²) in [4.78, 5) is 30.7. The summed E-state index contributed by atoms with van der Waals surface area (Å²) in [6.45, 7) is 7.54. The molecule has 1 aromatic heterocycles. The zero-order chi connectivity index (χ0) is 23.5. The van der Waals surface area contributed by atoms with Gasteiger partial charge >= 0.3 is 0 Å². The van der Waals surface area contributed by atoms with E-state index in [9.17, 15) is 9.59 Å². The van der Waals surface area contributed by atoms with Crippen molar-refractivity contribution in [2.75, 3.05) is 40.4 Å². The van der Waals surface area contributed by atoms with Crippen LogP contribution in [0.4, 0.5) is 0 Å². The second-order valence-electron chi connectivity index (χ2n) is 8.14. The fraction of sp³-hybridized carbons (Fsp3) is 0.308. The van der Waals surface area contributed by atoms with Gasteiger partial charge in [0, 0.05) is 19.2 Å². The lowest BCUT2D eigenvalue weighted by atomic mass is 9.98. The van der Waals surface area contributed by atoms with Crippen molar-refractivity contribution in [3.05, 3.63) is 82.2 Å². The summed E-state index contributed by atoms with van der Waals surface area (Å²) < 4.78 is 17.1. The Morgan fingerprint density at radius 3 is 2.48 bits per heavy atom. The lowest BCUT2D eigenvalue weighted by Crippen LogP contribution is -2.35. The largest absolute Gasteiger partial charge is 0.494 e. The molecule has 2 heterocycles. The van der Waals surface area contributed by atoms with E-state index in [4.69, 9.17) is 13.9 Å². The van der Waals surface area contributed by atoms with Gasteiger partial charge in [0.1, 0.15) is 23.7 Å². The van der Waals surface area contributed by atoms with Gasteiger partial charge < -0.3 is 23.7 Å². The third kappa shape index (κ3) is 4.36. The molecule has 1 unspecified atom stereocenters. The summed E-state index contributed by atoms with van der Waals surface area (Å²) in [5.41, 5.74) is 1.34. The molecule has 1 aliphatic heterocycles. The molecule has 0 fully saturated rings. The number of nitrogens with zero attached hydrogens (tertiary/aromatic N) is 2. The first-order valence-electron chi connectivity index (χ1n) is 11.0. The molecule has 0 N–H and O–H groups in total. The molecular formula is C26H28N2O5. The van der Waals surface area contributed by atoms with E-state index in [0.717, 1.165) is 5.56 Å². The third-order valence-corrected chi connectivity index (χ3v) is 5.60. The highest BCUT2D eigenvalue weighted by Crippen LogP contribution is 2.38. The van der Waals surface area contributed by atoms with Crippen LogP contribution >= 0.6 is 0 Å². The molecule has 0 saturated carbocycles. The van der Waals surface area contributed by atoms with Crippen LogP contribution in [0.2, 0.25) is 0 Å². The van der Waals surface area contributed by atoms with Crippen LogP contribution in [0, 0.1) is 0 Å². The van der Waals surface area contributed by atoms with Gasteiger partial charge in [-0.05, 0) is 50.8 Å². The maximum absolute atomic E-state index is 13.6. The van der Waals surface area contributed by atoms with Crippen molar-refractivity contribution in [1.29, 1.82) is 0 Å². The van der Waals surface area contributed by atoms with E-state index < -0.39 is 6.04 Å². The number of rotatable bonds is 9. The number of hydrogen-bond acceptors (Lipinski definition) is 6. The Balaban J connectivity index is 1.83. The van der Waals surface area contributed by atoms with Gasteiger partial charge in [-0.2, -0.15) is 0 Å². The average molecular weight is 449 g/mol. The fourth-order valence-electron chi connectivity index (χ4n) is 4.04. The van der Waals surface area contributed by atoms with E-state index in [1.807, 2.05) is 50.2 Å². The van der Waals surface area contributed by atoms with Crippen LogP contribution in [0.25, 0.3) is 11.0 Å². The maximum atomic E-state index is 13.6. The van der Waals surface area contributed by atoms with Crippen LogP contribution in [-0.2, 0) is 0 Å². The minimum atomic E-state index is -0.534. The molecule has 1 atom stereocenters. The van der Waals surface area contributed by atoms with Crippen LogP contribution in [0.3, 0.4) is 0 Å². The Kier molecular flexibility index (Phi) is 6.51. The van der Waals surface area contributed by atoms with Crippen LogP contribution < -0.4 is 14.9 Å². The fourth-order valence-corrected chi connectivity index (χ4v) is 4.04. The second kappa shape index (κ2) is 9.50. The van der Waals surface area contributed by atoms with Crippen molar-refractivity contribution in [1.82, 2.24) is 9.80 Å². The highest BCUT2D eigenvalue weighted by atomic mass is 16.5. The normalized spacial score (nSPS) is 15.2. The molecule has 0 aliphatic carbocycles. The highest BCUT2D eigenvalue weighted by Gasteiger charge is 2.42. The summed E-state index contributed by atoms with van der Waals surface area (Å²) in [6.07, 6.45) is 1.68. The summed E-state index contributed by atoms with van der Waals surface area (Å²) in [5, 5.41) is 0.426. The van der Waals surface area contributed by atoms with E-state index in [-0.39, 0.29) is 17.1 Å². The number of benzene rings is 2. The molecule has 3 aromatic rings. The van der Waals surface area contributed by atoms with Crippen molar-refractivity contribution in [2.24, 2.45) is 0 Å². The number of fused-ring (bicyclic) bond motifs is 2. The van der Waals surface area contributed by atoms with Crippen LogP contribution in [0.1, 0.15) is 34.6 Å². The van der Waals surface area contributed by atoms with E-state index in [0.29, 0.717) is 54.3 Å². The van der Waals surface area contributed by atoms with Crippen LogP contribution in [-0.4, -0.2) is 56.1 Å². The zero-order valence-corrected chi connectivity index (χ0v) is 19.2. The Bertz CT molecular complexity index is 1230. The lowest BCUT2D eigenvalue weighted by molar-refractivity contribution is 0.0716.